The van der Waals surface area contributed by atoms with Crippen molar-refractivity contribution >= 4 is 0 Å². The Morgan fingerprint density at radius 1 is 1.26 bits per heavy atom. The summed E-state index contributed by atoms with van der Waals surface area (Å²) < 4.78 is 0. The molecule has 3 nitrogen and oxygen atoms in total. The lowest BCUT2D eigenvalue weighted by molar-refractivity contribution is 0.752. The average Bonchev–Trinajstić information content (AvgIpc) is 2.40. The van der Waals surface area contributed by atoms with Crippen molar-refractivity contribution in [1.29, 1.82) is 5.26 Å². The third-order valence-corrected chi connectivity index (χ3v) is 3.21. The Bertz CT molecular complexity index is 626. The molecule has 1 aromatic carbocycles. The molecule has 3 heteroatoms. The first-order chi connectivity index (χ1) is 9.15. The standard InChI is InChI=1S/C16H17N3/c1-4-13(10-17)16-18-8-7-15(19-16)14-6-5-11(2)9-12(14)3/h5-9,13H,4H2,1-3H3. The largest absolute Gasteiger partial charge is 0.240 e. The van der Waals surface area contributed by atoms with E-state index in [0.717, 1.165) is 17.7 Å². The summed E-state index contributed by atoms with van der Waals surface area (Å²) in [5.41, 5.74) is 4.41. The minimum Gasteiger partial charge on any atom is -0.240 e. The van der Waals surface area contributed by atoms with Gasteiger partial charge >= 0.3 is 0 Å². The van der Waals surface area contributed by atoms with Crippen LogP contribution in [0.25, 0.3) is 11.3 Å². The van der Waals surface area contributed by atoms with Crippen LogP contribution in [0.5, 0.6) is 0 Å². The molecule has 96 valence electrons. The maximum absolute atomic E-state index is 9.10. The molecular weight excluding hydrogens is 234 g/mol. The summed E-state index contributed by atoms with van der Waals surface area (Å²) in [5, 5.41) is 9.10. The summed E-state index contributed by atoms with van der Waals surface area (Å²) in [7, 11) is 0. The molecule has 19 heavy (non-hydrogen) atoms. The van der Waals surface area contributed by atoms with Gasteiger partial charge in [0, 0.05) is 11.8 Å². The van der Waals surface area contributed by atoms with Crippen molar-refractivity contribution in [3.05, 3.63) is 47.4 Å². The molecule has 2 rings (SSSR count). The van der Waals surface area contributed by atoms with E-state index in [1.54, 1.807) is 6.20 Å². The third kappa shape index (κ3) is 2.79. The number of nitriles is 1. The number of hydrogen-bond acceptors (Lipinski definition) is 3. The van der Waals surface area contributed by atoms with Gasteiger partial charge in [-0.2, -0.15) is 5.26 Å². The van der Waals surface area contributed by atoms with E-state index in [9.17, 15) is 0 Å². The molecule has 0 N–H and O–H groups in total. The van der Waals surface area contributed by atoms with Crippen LogP contribution >= 0.6 is 0 Å². The summed E-state index contributed by atoms with van der Waals surface area (Å²) in [5.74, 6) is 0.383. The number of nitrogens with zero attached hydrogens (tertiary/aromatic N) is 3. The lowest BCUT2D eigenvalue weighted by Gasteiger charge is -2.09. The van der Waals surface area contributed by atoms with E-state index in [-0.39, 0.29) is 5.92 Å². The van der Waals surface area contributed by atoms with Crippen molar-refractivity contribution in [1.82, 2.24) is 9.97 Å². The number of rotatable bonds is 3. The maximum Gasteiger partial charge on any atom is 0.146 e. The molecular formula is C16H17N3. The Kier molecular flexibility index (Phi) is 3.91. The summed E-state index contributed by atoms with van der Waals surface area (Å²) in [6, 6.07) is 10.4. The minimum absolute atomic E-state index is 0.231. The van der Waals surface area contributed by atoms with Gasteiger partial charge in [0.05, 0.1) is 11.8 Å². The van der Waals surface area contributed by atoms with Crippen LogP contribution < -0.4 is 0 Å². The smallest absolute Gasteiger partial charge is 0.146 e. The fraction of sp³-hybridized carbons (Fsp3) is 0.312. The first kappa shape index (κ1) is 13.2. The second kappa shape index (κ2) is 5.62. The van der Waals surface area contributed by atoms with Crippen molar-refractivity contribution in [2.24, 2.45) is 0 Å². The van der Waals surface area contributed by atoms with E-state index in [2.05, 4.69) is 48.1 Å². The zero-order valence-electron chi connectivity index (χ0n) is 11.5. The van der Waals surface area contributed by atoms with Crippen LogP contribution in [0.15, 0.2) is 30.5 Å². The molecule has 1 atom stereocenters. The number of aryl methyl sites for hydroxylation is 2. The van der Waals surface area contributed by atoms with Gasteiger partial charge in [-0.3, -0.25) is 0 Å². The van der Waals surface area contributed by atoms with E-state index in [1.807, 2.05) is 13.0 Å². The van der Waals surface area contributed by atoms with Crippen molar-refractivity contribution in [2.75, 3.05) is 0 Å². The van der Waals surface area contributed by atoms with Gasteiger partial charge in [0.2, 0.25) is 0 Å². The summed E-state index contributed by atoms with van der Waals surface area (Å²) in [4.78, 5) is 8.76. The van der Waals surface area contributed by atoms with Crippen LogP contribution in [-0.2, 0) is 0 Å². The van der Waals surface area contributed by atoms with Gasteiger partial charge in [-0.05, 0) is 31.9 Å². The second-order valence-corrected chi connectivity index (χ2v) is 4.71. The fourth-order valence-corrected chi connectivity index (χ4v) is 2.12. The highest BCUT2D eigenvalue weighted by molar-refractivity contribution is 5.63. The molecule has 0 fully saturated rings. The van der Waals surface area contributed by atoms with Crippen LogP contribution in [-0.4, -0.2) is 9.97 Å². The van der Waals surface area contributed by atoms with Gasteiger partial charge in [0.15, 0.2) is 0 Å². The Labute approximate surface area is 114 Å². The SMILES string of the molecule is CCC(C#N)c1nccc(-c2ccc(C)cc2C)n1. The van der Waals surface area contributed by atoms with Crippen LogP contribution in [0, 0.1) is 25.2 Å². The van der Waals surface area contributed by atoms with Crippen molar-refractivity contribution in [2.45, 2.75) is 33.1 Å². The van der Waals surface area contributed by atoms with Gasteiger partial charge in [0.1, 0.15) is 11.7 Å². The first-order valence-corrected chi connectivity index (χ1v) is 6.46. The molecule has 0 saturated carbocycles. The predicted octanol–water partition coefficient (Wildman–Crippen LogP) is 3.78. The second-order valence-electron chi connectivity index (χ2n) is 4.71. The molecule has 0 spiro atoms. The summed E-state index contributed by atoms with van der Waals surface area (Å²) >= 11 is 0. The van der Waals surface area contributed by atoms with E-state index >= 15 is 0 Å². The Morgan fingerprint density at radius 3 is 2.68 bits per heavy atom. The predicted molar refractivity (Wildman–Crippen MR) is 75.6 cm³/mol. The van der Waals surface area contributed by atoms with E-state index in [1.165, 1.54) is 11.1 Å². The van der Waals surface area contributed by atoms with Gasteiger partial charge in [0.25, 0.3) is 0 Å². The van der Waals surface area contributed by atoms with Crippen molar-refractivity contribution in [3.8, 4) is 17.3 Å². The Hall–Kier alpha value is -2.21. The minimum atomic E-state index is -0.231. The quantitative estimate of drug-likeness (QED) is 0.834. The molecule has 0 amide bonds. The van der Waals surface area contributed by atoms with Gasteiger partial charge in [-0.25, -0.2) is 9.97 Å². The molecule has 0 bridgehead atoms. The van der Waals surface area contributed by atoms with Crippen LogP contribution in [0.4, 0.5) is 0 Å². The maximum atomic E-state index is 9.10. The van der Waals surface area contributed by atoms with E-state index in [0.29, 0.717) is 5.82 Å². The lowest BCUT2D eigenvalue weighted by atomic mass is 10.0. The topological polar surface area (TPSA) is 49.6 Å². The van der Waals surface area contributed by atoms with E-state index in [4.69, 9.17) is 5.26 Å². The molecule has 0 aliphatic heterocycles. The molecule has 0 saturated heterocycles. The molecule has 1 unspecified atom stereocenters. The Morgan fingerprint density at radius 2 is 2.05 bits per heavy atom. The van der Waals surface area contributed by atoms with Crippen molar-refractivity contribution < 1.29 is 0 Å². The molecule has 0 aliphatic carbocycles. The Balaban J connectivity index is 2.46. The third-order valence-electron chi connectivity index (χ3n) is 3.21. The van der Waals surface area contributed by atoms with Crippen LogP contribution in [0.3, 0.4) is 0 Å². The highest BCUT2D eigenvalue weighted by atomic mass is 14.9. The number of aromatic nitrogens is 2. The molecule has 0 aliphatic rings. The lowest BCUT2D eigenvalue weighted by Crippen LogP contribution is -2.02. The first-order valence-electron chi connectivity index (χ1n) is 6.46. The monoisotopic (exact) mass is 251 g/mol. The fourth-order valence-electron chi connectivity index (χ4n) is 2.12. The van der Waals surface area contributed by atoms with Gasteiger partial charge < -0.3 is 0 Å². The van der Waals surface area contributed by atoms with Crippen LogP contribution in [0.2, 0.25) is 0 Å². The molecule has 1 aromatic heterocycles. The highest BCUT2D eigenvalue weighted by Gasteiger charge is 2.13. The zero-order valence-corrected chi connectivity index (χ0v) is 11.5. The average molecular weight is 251 g/mol. The number of hydrogen-bond donors (Lipinski definition) is 0. The van der Waals surface area contributed by atoms with E-state index < -0.39 is 0 Å². The summed E-state index contributed by atoms with van der Waals surface area (Å²) in [6.07, 6.45) is 2.46. The molecule has 1 heterocycles. The van der Waals surface area contributed by atoms with Gasteiger partial charge in [-0.1, -0.05) is 30.7 Å². The van der Waals surface area contributed by atoms with Crippen LogP contribution in [0.1, 0.15) is 36.2 Å². The summed E-state index contributed by atoms with van der Waals surface area (Å²) in [6.45, 7) is 6.12. The van der Waals surface area contributed by atoms with Crippen molar-refractivity contribution in [3.63, 3.8) is 0 Å². The number of benzene rings is 1. The molecule has 0 radical (unpaired) electrons. The normalized spacial score (nSPS) is 11.9. The van der Waals surface area contributed by atoms with Gasteiger partial charge in [-0.15, -0.1) is 0 Å². The highest BCUT2D eigenvalue weighted by Crippen LogP contribution is 2.24. The molecule has 2 aromatic rings. The zero-order chi connectivity index (χ0) is 13.8.